The van der Waals surface area contributed by atoms with Crippen LogP contribution in [0.4, 0.5) is 5.69 Å². The molecule has 0 aromatic heterocycles. The van der Waals surface area contributed by atoms with Gasteiger partial charge in [-0.3, -0.25) is 0 Å². The van der Waals surface area contributed by atoms with Crippen LogP contribution in [-0.2, 0) is 9.47 Å². The minimum absolute atomic E-state index is 0.00686. The monoisotopic (exact) mass is 276 g/mol. The molecule has 3 unspecified atom stereocenters. The Hall–Kier alpha value is -1.61. The molecule has 2 rings (SSSR count). The number of rotatable bonds is 4. The van der Waals surface area contributed by atoms with Crippen LogP contribution in [0.2, 0.25) is 0 Å². The molecule has 5 heteroatoms. The van der Waals surface area contributed by atoms with E-state index < -0.39 is 6.10 Å². The van der Waals surface area contributed by atoms with Crippen molar-refractivity contribution < 1.29 is 14.6 Å². The fourth-order valence-electron chi connectivity index (χ4n) is 2.63. The Morgan fingerprint density at radius 2 is 1.90 bits per heavy atom. The molecule has 0 aliphatic carbocycles. The molecule has 108 valence electrons. The molecule has 5 nitrogen and oxygen atoms in total. The number of hydrogen-bond donors (Lipinski definition) is 1. The first-order valence-electron chi connectivity index (χ1n) is 6.63. The molecule has 3 atom stereocenters. The van der Waals surface area contributed by atoms with Crippen molar-refractivity contribution in [1.29, 1.82) is 5.26 Å². The molecule has 1 heterocycles. The van der Waals surface area contributed by atoms with Crippen LogP contribution in [0, 0.1) is 11.3 Å². The summed E-state index contributed by atoms with van der Waals surface area (Å²) < 4.78 is 10.9. The highest BCUT2D eigenvalue weighted by Crippen LogP contribution is 2.31. The second-order valence-electron chi connectivity index (χ2n) is 5.01. The quantitative estimate of drug-likeness (QED) is 0.902. The van der Waals surface area contributed by atoms with Gasteiger partial charge >= 0.3 is 0 Å². The minimum atomic E-state index is -0.583. The Labute approximate surface area is 119 Å². The van der Waals surface area contributed by atoms with E-state index in [0.29, 0.717) is 18.7 Å². The summed E-state index contributed by atoms with van der Waals surface area (Å²) in [5, 5.41) is 19.0. The largest absolute Gasteiger partial charge is 0.389 e. The van der Waals surface area contributed by atoms with Crippen LogP contribution in [0.1, 0.15) is 24.2 Å². The van der Waals surface area contributed by atoms with E-state index in [1.807, 2.05) is 6.07 Å². The van der Waals surface area contributed by atoms with E-state index in [-0.39, 0.29) is 12.2 Å². The number of hydrogen-bond acceptors (Lipinski definition) is 5. The number of nitrogens with zero attached hydrogens (tertiary/aromatic N) is 2. The fraction of sp³-hybridized carbons (Fsp3) is 0.533. The van der Waals surface area contributed by atoms with Gasteiger partial charge in [0.25, 0.3) is 0 Å². The predicted octanol–water partition coefficient (Wildman–Crippen LogP) is 1.46. The number of nitriles is 1. The van der Waals surface area contributed by atoms with Crippen molar-refractivity contribution in [2.24, 2.45) is 0 Å². The van der Waals surface area contributed by atoms with Gasteiger partial charge in [-0.1, -0.05) is 6.07 Å². The molecule has 1 aromatic carbocycles. The summed E-state index contributed by atoms with van der Waals surface area (Å²) in [5.74, 6) is 0. The molecule has 0 radical (unpaired) electrons. The molecule has 1 aliphatic rings. The van der Waals surface area contributed by atoms with Gasteiger partial charge in [-0.2, -0.15) is 5.26 Å². The average molecular weight is 276 g/mol. The van der Waals surface area contributed by atoms with Crippen LogP contribution in [-0.4, -0.2) is 44.6 Å². The molecular weight excluding hydrogens is 256 g/mol. The minimum Gasteiger partial charge on any atom is -0.389 e. The summed E-state index contributed by atoms with van der Waals surface area (Å²) >= 11 is 0. The standard InChI is InChI=1S/C15H20N2O3/c1-10(18)12-5-4-11(7-16)6-13(12)17-8-14(19-2)15(9-17)20-3/h4-6,10,14-15,18H,8-9H2,1-3H3. The zero-order valence-electron chi connectivity index (χ0n) is 12.0. The van der Waals surface area contributed by atoms with E-state index in [1.165, 1.54) is 0 Å². The lowest BCUT2D eigenvalue weighted by Crippen LogP contribution is -2.27. The van der Waals surface area contributed by atoms with Gasteiger partial charge in [-0.25, -0.2) is 0 Å². The highest BCUT2D eigenvalue weighted by Gasteiger charge is 2.34. The maximum absolute atomic E-state index is 9.90. The first-order chi connectivity index (χ1) is 9.60. The first-order valence-corrected chi connectivity index (χ1v) is 6.63. The summed E-state index contributed by atoms with van der Waals surface area (Å²) in [6, 6.07) is 7.48. The predicted molar refractivity (Wildman–Crippen MR) is 75.6 cm³/mol. The number of methoxy groups -OCH3 is 2. The van der Waals surface area contributed by atoms with Gasteiger partial charge in [-0.15, -0.1) is 0 Å². The molecule has 1 aromatic rings. The van der Waals surface area contributed by atoms with Crippen LogP contribution >= 0.6 is 0 Å². The molecule has 1 saturated heterocycles. The average Bonchev–Trinajstić information content (AvgIpc) is 2.89. The van der Waals surface area contributed by atoms with Crippen molar-refractivity contribution in [2.45, 2.75) is 25.2 Å². The third kappa shape index (κ3) is 2.78. The number of anilines is 1. The molecular formula is C15H20N2O3. The van der Waals surface area contributed by atoms with Gasteiger partial charge < -0.3 is 19.5 Å². The van der Waals surface area contributed by atoms with E-state index in [2.05, 4.69) is 11.0 Å². The van der Waals surface area contributed by atoms with Crippen molar-refractivity contribution in [1.82, 2.24) is 0 Å². The number of aliphatic hydroxyl groups is 1. The molecule has 0 bridgehead atoms. The van der Waals surface area contributed by atoms with E-state index in [9.17, 15) is 5.11 Å². The van der Waals surface area contributed by atoms with Gasteiger partial charge in [0, 0.05) is 38.6 Å². The van der Waals surface area contributed by atoms with Crippen LogP contribution in [0.25, 0.3) is 0 Å². The molecule has 1 N–H and O–H groups in total. The molecule has 0 saturated carbocycles. The van der Waals surface area contributed by atoms with Crippen molar-refractivity contribution in [3.05, 3.63) is 29.3 Å². The zero-order chi connectivity index (χ0) is 14.7. The van der Waals surface area contributed by atoms with Gasteiger partial charge in [0.15, 0.2) is 0 Å². The van der Waals surface area contributed by atoms with Gasteiger partial charge in [-0.05, 0) is 19.1 Å². The fourth-order valence-corrected chi connectivity index (χ4v) is 2.63. The summed E-state index contributed by atoms with van der Waals surface area (Å²) in [7, 11) is 3.34. The van der Waals surface area contributed by atoms with Crippen molar-refractivity contribution in [2.75, 3.05) is 32.2 Å². The number of aliphatic hydroxyl groups excluding tert-OH is 1. The highest BCUT2D eigenvalue weighted by molar-refractivity contribution is 5.59. The smallest absolute Gasteiger partial charge is 0.102 e. The van der Waals surface area contributed by atoms with E-state index >= 15 is 0 Å². The summed E-state index contributed by atoms with van der Waals surface area (Å²) in [4.78, 5) is 2.10. The lowest BCUT2D eigenvalue weighted by molar-refractivity contribution is -0.00461. The number of benzene rings is 1. The Balaban J connectivity index is 2.34. The van der Waals surface area contributed by atoms with Crippen LogP contribution < -0.4 is 4.90 Å². The molecule has 1 aliphatic heterocycles. The Kier molecular flexibility index (Phi) is 4.61. The maximum atomic E-state index is 9.90. The van der Waals surface area contributed by atoms with Gasteiger partial charge in [0.1, 0.15) is 12.2 Å². The third-order valence-electron chi connectivity index (χ3n) is 3.77. The molecule has 0 amide bonds. The van der Waals surface area contributed by atoms with Gasteiger partial charge in [0.2, 0.25) is 0 Å². The van der Waals surface area contributed by atoms with Crippen LogP contribution in [0.15, 0.2) is 18.2 Å². The van der Waals surface area contributed by atoms with E-state index in [1.54, 1.807) is 33.3 Å². The molecule has 20 heavy (non-hydrogen) atoms. The number of ether oxygens (including phenoxy) is 2. The summed E-state index contributed by atoms with van der Waals surface area (Å²) in [5.41, 5.74) is 2.27. The normalized spacial score (nSPS) is 23.6. The van der Waals surface area contributed by atoms with Crippen molar-refractivity contribution >= 4 is 5.69 Å². The third-order valence-corrected chi connectivity index (χ3v) is 3.77. The highest BCUT2D eigenvalue weighted by atomic mass is 16.5. The van der Waals surface area contributed by atoms with Crippen molar-refractivity contribution in [3.8, 4) is 6.07 Å². The van der Waals surface area contributed by atoms with Crippen molar-refractivity contribution in [3.63, 3.8) is 0 Å². The lowest BCUT2D eigenvalue weighted by atomic mass is 10.0. The summed E-state index contributed by atoms with van der Waals surface area (Å²) in [6.45, 7) is 3.09. The lowest BCUT2D eigenvalue weighted by Gasteiger charge is -2.23. The second kappa shape index (κ2) is 6.23. The Bertz CT molecular complexity index is 498. The van der Waals surface area contributed by atoms with Gasteiger partial charge in [0.05, 0.1) is 17.7 Å². The summed E-state index contributed by atoms with van der Waals surface area (Å²) in [6.07, 6.45) is -0.597. The van der Waals surface area contributed by atoms with Crippen LogP contribution in [0.3, 0.4) is 0 Å². The second-order valence-corrected chi connectivity index (χ2v) is 5.01. The topological polar surface area (TPSA) is 65.7 Å². The SMILES string of the molecule is COC1CN(c2cc(C#N)ccc2C(C)O)CC1OC. The molecule has 0 spiro atoms. The van der Waals surface area contributed by atoms with E-state index in [4.69, 9.17) is 14.7 Å². The maximum Gasteiger partial charge on any atom is 0.102 e. The van der Waals surface area contributed by atoms with E-state index in [0.717, 1.165) is 11.3 Å². The Morgan fingerprint density at radius 3 is 2.35 bits per heavy atom. The zero-order valence-corrected chi connectivity index (χ0v) is 12.0. The molecule has 1 fully saturated rings. The van der Waals surface area contributed by atoms with Crippen LogP contribution in [0.5, 0.6) is 0 Å². The Morgan fingerprint density at radius 1 is 1.30 bits per heavy atom. The first kappa shape index (κ1) is 14.8.